The van der Waals surface area contributed by atoms with E-state index in [0.717, 1.165) is 39.2 Å². The van der Waals surface area contributed by atoms with E-state index in [4.69, 9.17) is 9.97 Å². The first kappa shape index (κ1) is 36.2. The van der Waals surface area contributed by atoms with Crippen LogP contribution in [0.3, 0.4) is 0 Å². The van der Waals surface area contributed by atoms with Crippen molar-refractivity contribution in [1.29, 1.82) is 0 Å². The molecule has 9 aromatic carbocycles. The maximum atomic E-state index is 5.32. The Morgan fingerprint density at radius 3 is 1.61 bits per heavy atom. The zero-order valence-corrected chi connectivity index (χ0v) is 34.6. The molecule has 0 bridgehead atoms. The molecule has 2 heterocycles. The zero-order chi connectivity index (χ0) is 41.0. The summed E-state index contributed by atoms with van der Waals surface area (Å²) in [7, 11) is 0. The fourth-order valence-electron chi connectivity index (χ4n) is 9.76. The third-order valence-electron chi connectivity index (χ3n) is 12.6. The highest BCUT2D eigenvalue weighted by Gasteiger charge is 2.46. The SMILES string of the molecule is c1ccc(-c2nc(-c3ccc(-c4ccc5sc6ccccc6c5c4)cc3)cc(-c3ccccc3-c3ccc4c(c3)C(c3ccccc3)(c3ccccc3)c3ccccc3-4)n2)cc1. The van der Waals surface area contributed by atoms with Gasteiger partial charge in [-0.3, -0.25) is 0 Å². The van der Waals surface area contributed by atoms with E-state index in [2.05, 4.69) is 224 Å². The van der Waals surface area contributed by atoms with Crippen molar-refractivity contribution in [3.63, 3.8) is 0 Å². The van der Waals surface area contributed by atoms with Gasteiger partial charge in [0.15, 0.2) is 5.82 Å². The molecule has 0 saturated carbocycles. The highest BCUT2D eigenvalue weighted by molar-refractivity contribution is 7.25. The van der Waals surface area contributed by atoms with Crippen LogP contribution in [0.2, 0.25) is 0 Å². The number of rotatable bonds is 7. The van der Waals surface area contributed by atoms with Crippen LogP contribution in [0.15, 0.2) is 231 Å². The second-order valence-electron chi connectivity index (χ2n) is 16.0. The van der Waals surface area contributed by atoms with E-state index in [9.17, 15) is 0 Å². The molecule has 62 heavy (non-hydrogen) atoms. The second-order valence-corrected chi connectivity index (χ2v) is 17.1. The van der Waals surface area contributed by atoms with Crippen LogP contribution in [-0.2, 0) is 5.41 Å². The summed E-state index contributed by atoms with van der Waals surface area (Å²) < 4.78 is 2.63. The zero-order valence-electron chi connectivity index (χ0n) is 33.7. The van der Waals surface area contributed by atoms with Crippen molar-refractivity contribution in [3.05, 3.63) is 253 Å². The van der Waals surface area contributed by atoms with Crippen LogP contribution >= 0.6 is 11.3 Å². The van der Waals surface area contributed by atoms with E-state index < -0.39 is 5.41 Å². The van der Waals surface area contributed by atoms with Crippen LogP contribution < -0.4 is 0 Å². The average Bonchev–Trinajstić information content (AvgIpc) is 3.88. The number of fused-ring (bicyclic) bond motifs is 6. The summed E-state index contributed by atoms with van der Waals surface area (Å²) in [5, 5.41) is 2.61. The highest BCUT2D eigenvalue weighted by Crippen LogP contribution is 2.57. The molecule has 2 aromatic heterocycles. The molecule has 11 aromatic rings. The minimum atomic E-state index is -0.489. The topological polar surface area (TPSA) is 25.8 Å². The van der Waals surface area contributed by atoms with Gasteiger partial charge in [-0.05, 0) is 86.0 Å². The molecule has 290 valence electrons. The fourth-order valence-corrected chi connectivity index (χ4v) is 10.8. The number of benzene rings is 9. The van der Waals surface area contributed by atoms with Crippen LogP contribution in [0.4, 0.5) is 0 Å². The summed E-state index contributed by atoms with van der Waals surface area (Å²) >= 11 is 1.85. The molecule has 0 N–H and O–H groups in total. The quantitative estimate of drug-likeness (QED) is 0.160. The van der Waals surface area contributed by atoms with Gasteiger partial charge in [0.25, 0.3) is 0 Å². The van der Waals surface area contributed by atoms with E-state index in [-0.39, 0.29) is 0 Å². The lowest BCUT2D eigenvalue weighted by atomic mass is 9.67. The number of hydrogen-bond donors (Lipinski definition) is 0. The minimum absolute atomic E-state index is 0.489. The Bertz CT molecular complexity index is 3400. The minimum Gasteiger partial charge on any atom is -0.228 e. The Hall–Kier alpha value is -7.72. The predicted molar refractivity (Wildman–Crippen MR) is 259 cm³/mol. The van der Waals surface area contributed by atoms with E-state index >= 15 is 0 Å². The first-order valence-electron chi connectivity index (χ1n) is 21.1. The molecule has 0 radical (unpaired) electrons. The molecule has 12 rings (SSSR count). The summed E-state index contributed by atoms with van der Waals surface area (Å²) in [6.07, 6.45) is 0. The lowest BCUT2D eigenvalue weighted by Crippen LogP contribution is -2.28. The van der Waals surface area contributed by atoms with Crippen molar-refractivity contribution in [2.75, 3.05) is 0 Å². The van der Waals surface area contributed by atoms with Gasteiger partial charge in [-0.25, -0.2) is 9.97 Å². The lowest BCUT2D eigenvalue weighted by molar-refractivity contribution is 0.769. The Labute approximate surface area is 365 Å². The maximum absolute atomic E-state index is 5.32. The molecule has 0 saturated heterocycles. The molecular formula is C59H38N2S. The Balaban J connectivity index is 0.997. The molecule has 1 aliphatic rings. The Morgan fingerprint density at radius 2 is 0.855 bits per heavy atom. The van der Waals surface area contributed by atoms with Crippen molar-refractivity contribution < 1.29 is 0 Å². The normalized spacial score (nSPS) is 12.6. The molecule has 0 fully saturated rings. The van der Waals surface area contributed by atoms with Gasteiger partial charge < -0.3 is 0 Å². The maximum Gasteiger partial charge on any atom is 0.160 e. The summed E-state index contributed by atoms with van der Waals surface area (Å²) in [5.74, 6) is 0.698. The van der Waals surface area contributed by atoms with Gasteiger partial charge in [-0.2, -0.15) is 0 Å². The standard InChI is InChI=1S/C59H38N2S/c1-4-16-41(17-5-1)58-60-54(40-30-28-39(29-31-40)42-33-35-57-51(36-42)50-25-13-15-27-56(50)62-57)38-55(61-58)49-24-11-10-22-46(49)43-32-34-48-47-23-12-14-26-52(47)59(53(48)37-43,44-18-6-2-7-19-44)45-20-8-3-9-21-45/h1-38H. The van der Waals surface area contributed by atoms with Gasteiger partial charge >= 0.3 is 0 Å². The van der Waals surface area contributed by atoms with Crippen molar-refractivity contribution >= 4 is 31.5 Å². The average molecular weight is 807 g/mol. The summed E-state index contributed by atoms with van der Waals surface area (Å²) in [6, 6.07) is 83.5. The summed E-state index contributed by atoms with van der Waals surface area (Å²) in [6.45, 7) is 0. The highest BCUT2D eigenvalue weighted by atomic mass is 32.1. The number of hydrogen-bond acceptors (Lipinski definition) is 3. The van der Waals surface area contributed by atoms with Crippen LogP contribution in [0.1, 0.15) is 22.3 Å². The van der Waals surface area contributed by atoms with Gasteiger partial charge in [-0.1, -0.05) is 200 Å². The summed E-state index contributed by atoms with van der Waals surface area (Å²) in [4.78, 5) is 10.5. The van der Waals surface area contributed by atoms with Gasteiger partial charge in [-0.15, -0.1) is 11.3 Å². The van der Waals surface area contributed by atoms with Gasteiger partial charge in [0, 0.05) is 36.9 Å². The van der Waals surface area contributed by atoms with Gasteiger partial charge in [0.1, 0.15) is 0 Å². The fraction of sp³-hybridized carbons (Fsp3) is 0.0169. The Kier molecular flexibility index (Phi) is 8.62. The third kappa shape index (κ3) is 5.85. The van der Waals surface area contributed by atoms with Crippen molar-refractivity contribution in [2.45, 2.75) is 5.41 Å². The van der Waals surface area contributed by atoms with Crippen molar-refractivity contribution in [2.24, 2.45) is 0 Å². The van der Waals surface area contributed by atoms with Gasteiger partial charge in [0.2, 0.25) is 0 Å². The lowest BCUT2D eigenvalue weighted by Gasteiger charge is -2.34. The first-order valence-corrected chi connectivity index (χ1v) is 22.0. The van der Waals surface area contributed by atoms with Crippen LogP contribution in [0, 0.1) is 0 Å². The van der Waals surface area contributed by atoms with Crippen LogP contribution in [0.5, 0.6) is 0 Å². The van der Waals surface area contributed by atoms with Crippen molar-refractivity contribution in [3.8, 4) is 67.3 Å². The van der Waals surface area contributed by atoms with Crippen LogP contribution in [0.25, 0.3) is 87.5 Å². The number of thiophene rings is 1. The van der Waals surface area contributed by atoms with Crippen LogP contribution in [-0.4, -0.2) is 9.97 Å². The number of aromatic nitrogens is 2. The van der Waals surface area contributed by atoms with E-state index in [1.807, 2.05) is 17.4 Å². The molecule has 0 unspecified atom stereocenters. The molecule has 3 heteroatoms. The first-order chi connectivity index (χ1) is 30.7. The Morgan fingerprint density at radius 1 is 0.306 bits per heavy atom. The molecule has 0 spiro atoms. The predicted octanol–water partition coefficient (Wildman–Crippen LogP) is 15.5. The second kappa shape index (κ2) is 14.8. The molecule has 0 atom stereocenters. The molecule has 1 aliphatic carbocycles. The third-order valence-corrected chi connectivity index (χ3v) is 13.8. The number of nitrogens with zero attached hydrogens (tertiary/aromatic N) is 2. The largest absolute Gasteiger partial charge is 0.228 e. The molecule has 2 nitrogen and oxygen atoms in total. The van der Waals surface area contributed by atoms with E-state index in [1.54, 1.807) is 0 Å². The smallest absolute Gasteiger partial charge is 0.160 e. The van der Waals surface area contributed by atoms with E-state index in [1.165, 1.54) is 64.7 Å². The van der Waals surface area contributed by atoms with Crippen molar-refractivity contribution in [1.82, 2.24) is 9.97 Å². The monoisotopic (exact) mass is 806 g/mol. The molecule has 0 amide bonds. The van der Waals surface area contributed by atoms with Gasteiger partial charge in [0.05, 0.1) is 16.8 Å². The molecule has 0 aliphatic heterocycles. The molecular weight excluding hydrogens is 769 g/mol. The summed E-state index contributed by atoms with van der Waals surface area (Å²) in [5.41, 5.74) is 16.6. The van der Waals surface area contributed by atoms with E-state index in [0.29, 0.717) is 5.82 Å².